The van der Waals surface area contributed by atoms with Crippen LogP contribution in [0.15, 0.2) is 12.1 Å². The van der Waals surface area contributed by atoms with Crippen LogP contribution in [-0.4, -0.2) is 23.0 Å². The summed E-state index contributed by atoms with van der Waals surface area (Å²) in [6, 6.07) is 3.56. The Morgan fingerprint density at radius 1 is 1.32 bits per heavy atom. The topological polar surface area (TPSA) is 62.3 Å². The van der Waals surface area contributed by atoms with Crippen molar-refractivity contribution in [1.29, 1.82) is 0 Å². The molecule has 1 aromatic heterocycles. The average Bonchev–Trinajstić information content (AvgIpc) is 2.69. The molecule has 0 saturated heterocycles. The van der Waals surface area contributed by atoms with Crippen molar-refractivity contribution in [2.45, 2.75) is 6.92 Å². The first-order valence-electron chi connectivity index (χ1n) is 5.96. The Morgan fingerprint density at radius 3 is 2.74 bits per heavy atom. The summed E-state index contributed by atoms with van der Waals surface area (Å²) in [7, 11) is 1.79. The maximum Gasteiger partial charge on any atom is 0.165 e. The van der Waals surface area contributed by atoms with Gasteiger partial charge in [0.05, 0.1) is 10.7 Å². The van der Waals surface area contributed by atoms with E-state index in [1.807, 2.05) is 6.92 Å². The van der Waals surface area contributed by atoms with Gasteiger partial charge in [-0.25, -0.2) is 0 Å². The van der Waals surface area contributed by atoms with Crippen molar-refractivity contribution in [2.75, 3.05) is 18.9 Å². The molecule has 100 valence electrons. The van der Waals surface area contributed by atoms with E-state index in [1.165, 1.54) is 0 Å². The molecule has 0 atom stereocenters. The third kappa shape index (κ3) is 1.90. The molecule has 3 rings (SSSR count). The van der Waals surface area contributed by atoms with Gasteiger partial charge < -0.3 is 15.2 Å². The fourth-order valence-corrected chi connectivity index (χ4v) is 2.57. The lowest BCUT2D eigenvalue weighted by atomic mass is 10.0. The Kier molecular flexibility index (Phi) is 2.78. The molecule has 0 amide bonds. The van der Waals surface area contributed by atoms with Gasteiger partial charge in [-0.2, -0.15) is 5.10 Å². The van der Waals surface area contributed by atoms with Gasteiger partial charge in [0.2, 0.25) is 0 Å². The van der Waals surface area contributed by atoms with Gasteiger partial charge in [-0.05, 0) is 6.92 Å². The van der Waals surface area contributed by atoms with Crippen LogP contribution in [0.5, 0.6) is 11.5 Å². The Balaban J connectivity index is 2.21. The first-order chi connectivity index (χ1) is 9.08. The molecule has 1 aliphatic heterocycles. The summed E-state index contributed by atoms with van der Waals surface area (Å²) in [5, 5.41) is 4.95. The number of nitrogens with zero attached hydrogens (tertiary/aromatic N) is 2. The SMILES string of the molecule is Cc1c2c(cc(Cl)c1-c1cc(N)n(C)n1)OCCO2. The number of hydrogen-bond donors (Lipinski definition) is 1. The number of halogens is 1. The molecule has 6 heteroatoms. The van der Waals surface area contributed by atoms with Gasteiger partial charge in [0.15, 0.2) is 11.5 Å². The van der Waals surface area contributed by atoms with Crippen molar-refractivity contribution in [3.05, 3.63) is 22.7 Å². The molecule has 19 heavy (non-hydrogen) atoms. The fourth-order valence-electron chi connectivity index (χ4n) is 2.23. The number of aryl methyl sites for hydroxylation is 1. The van der Waals surface area contributed by atoms with E-state index in [9.17, 15) is 0 Å². The molecule has 5 nitrogen and oxygen atoms in total. The van der Waals surface area contributed by atoms with E-state index in [2.05, 4.69) is 5.10 Å². The van der Waals surface area contributed by atoms with Crippen LogP contribution in [0.4, 0.5) is 5.82 Å². The highest BCUT2D eigenvalue weighted by atomic mass is 35.5. The van der Waals surface area contributed by atoms with Crippen LogP contribution in [0.25, 0.3) is 11.3 Å². The quantitative estimate of drug-likeness (QED) is 0.871. The molecule has 0 aliphatic carbocycles. The number of nitrogens with two attached hydrogens (primary N) is 1. The molecule has 0 spiro atoms. The number of nitrogen functional groups attached to an aromatic ring is 1. The van der Waals surface area contributed by atoms with Gasteiger partial charge in [0, 0.05) is 30.3 Å². The standard InChI is InChI=1S/C13H14ClN3O2/c1-7-12(9-6-11(15)17(2)16-9)8(14)5-10-13(7)19-4-3-18-10/h5-6H,3-4,15H2,1-2H3. The van der Waals surface area contributed by atoms with E-state index in [0.717, 1.165) is 22.6 Å². The first-order valence-corrected chi connectivity index (χ1v) is 6.34. The Labute approximate surface area is 115 Å². The van der Waals surface area contributed by atoms with Crippen LogP contribution >= 0.6 is 11.6 Å². The monoisotopic (exact) mass is 279 g/mol. The minimum absolute atomic E-state index is 0.540. The molecule has 2 aromatic rings. The molecular weight excluding hydrogens is 266 g/mol. The minimum Gasteiger partial charge on any atom is -0.486 e. The zero-order chi connectivity index (χ0) is 13.6. The van der Waals surface area contributed by atoms with Crippen LogP contribution < -0.4 is 15.2 Å². The summed E-state index contributed by atoms with van der Waals surface area (Å²) in [6.07, 6.45) is 0. The summed E-state index contributed by atoms with van der Waals surface area (Å²) >= 11 is 6.34. The molecule has 2 N–H and O–H groups in total. The summed E-state index contributed by atoms with van der Waals surface area (Å²) in [5.74, 6) is 2.00. The molecule has 1 aliphatic rings. The third-order valence-corrected chi connectivity index (χ3v) is 3.49. The molecule has 0 saturated carbocycles. The van der Waals surface area contributed by atoms with Gasteiger partial charge in [0.1, 0.15) is 19.0 Å². The van der Waals surface area contributed by atoms with Crippen LogP contribution in [-0.2, 0) is 7.05 Å². The Bertz CT molecular complexity index is 632. The maximum atomic E-state index is 6.34. The average molecular weight is 280 g/mol. The van der Waals surface area contributed by atoms with Crippen molar-refractivity contribution >= 4 is 17.4 Å². The predicted octanol–water partition coefficient (Wildman–Crippen LogP) is 2.40. The highest BCUT2D eigenvalue weighted by Crippen LogP contribution is 2.43. The minimum atomic E-state index is 0.540. The van der Waals surface area contributed by atoms with Crippen molar-refractivity contribution in [1.82, 2.24) is 9.78 Å². The lowest BCUT2D eigenvalue weighted by Gasteiger charge is -2.22. The number of fused-ring (bicyclic) bond motifs is 1. The summed E-state index contributed by atoms with van der Waals surface area (Å²) in [4.78, 5) is 0. The Hall–Kier alpha value is -1.88. The molecule has 1 aromatic carbocycles. The van der Waals surface area contributed by atoms with Crippen LogP contribution in [0.2, 0.25) is 5.02 Å². The van der Waals surface area contributed by atoms with E-state index < -0.39 is 0 Å². The van der Waals surface area contributed by atoms with Crippen LogP contribution in [0.1, 0.15) is 5.56 Å². The van der Waals surface area contributed by atoms with E-state index >= 15 is 0 Å². The second-order valence-corrected chi connectivity index (χ2v) is 4.87. The number of anilines is 1. The second-order valence-electron chi connectivity index (χ2n) is 4.46. The second kappa shape index (κ2) is 4.35. The normalized spacial score (nSPS) is 13.6. The summed E-state index contributed by atoms with van der Waals surface area (Å²) in [5.41, 5.74) is 8.30. The maximum absolute atomic E-state index is 6.34. The van der Waals surface area contributed by atoms with Gasteiger partial charge in [0.25, 0.3) is 0 Å². The number of aromatic nitrogens is 2. The molecule has 0 fully saturated rings. The number of benzene rings is 1. The highest BCUT2D eigenvalue weighted by molar-refractivity contribution is 6.33. The summed E-state index contributed by atoms with van der Waals surface area (Å²) < 4.78 is 12.8. The fraction of sp³-hybridized carbons (Fsp3) is 0.308. The largest absolute Gasteiger partial charge is 0.486 e. The number of rotatable bonds is 1. The molecule has 0 unspecified atom stereocenters. The van der Waals surface area contributed by atoms with Crippen molar-refractivity contribution < 1.29 is 9.47 Å². The molecular formula is C13H14ClN3O2. The number of ether oxygens (including phenoxy) is 2. The van der Waals surface area contributed by atoms with E-state index in [4.69, 9.17) is 26.8 Å². The van der Waals surface area contributed by atoms with Gasteiger partial charge in [-0.15, -0.1) is 0 Å². The molecule has 0 bridgehead atoms. The van der Waals surface area contributed by atoms with E-state index in [-0.39, 0.29) is 0 Å². The van der Waals surface area contributed by atoms with Gasteiger partial charge in [-0.3, -0.25) is 4.68 Å². The van der Waals surface area contributed by atoms with E-state index in [1.54, 1.807) is 23.9 Å². The van der Waals surface area contributed by atoms with Crippen LogP contribution in [0.3, 0.4) is 0 Å². The van der Waals surface area contributed by atoms with Gasteiger partial charge >= 0.3 is 0 Å². The molecule has 2 heterocycles. The molecule has 0 radical (unpaired) electrons. The van der Waals surface area contributed by atoms with Gasteiger partial charge in [-0.1, -0.05) is 11.6 Å². The van der Waals surface area contributed by atoms with Crippen molar-refractivity contribution in [3.63, 3.8) is 0 Å². The number of hydrogen-bond acceptors (Lipinski definition) is 4. The highest BCUT2D eigenvalue weighted by Gasteiger charge is 2.22. The zero-order valence-corrected chi connectivity index (χ0v) is 11.5. The Morgan fingerprint density at radius 2 is 2.05 bits per heavy atom. The smallest absolute Gasteiger partial charge is 0.165 e. The lowest BCUT2D eigenvalue weighted by Crippen LogP contribution is -2.16. The zero-order valence-electron chi connectivity index (χ0n) is 10.7. The third-order valence-electron chi connectivity index (χ3n) is 3.20. The first kappa shape index (κ1) is 12.2. The summed E-state index contributed by atoms with van der Waals surface area (Å²) in [6.45, 7) is 3.03. The van der Waals surface area contributed by atoms with E-state index in [0.29, 0.717) is 29.8 Å². The lowest BCUT2D eigenvalue weighted by molar-refractivity contribution is 0.170. The predicted molar refractivity (Wildman–Crippen MR) is 73.8 cm³/mol. The van der Waals surface area contributed by atoms with Crippen molar-refractivity contribution in [3.8, 4) is 22.8 Å². The van der Waals surface area contributed by atoms with Crippen molar-refractivity contribution in [2.24, 2.45) is 7.05 Å². The van der Waals surface area contributed by atoms with Crippen LogP contribution in [0, 0.1) is 6.92 Å².